The molecule has 1 heterocycles. The normalized spacial score (nSPS) is 39.6. The predicted octanol–water partition coefficient (Wildman–Crippen LogP) is 5.22. The average Bonchev–Trinajstić information content (AvgIpc) is 2.79. The summed E-state index contributed by atoms with van der Waals surface area (Å²) in [7, 11) is -3.84. The fourth-order valence-corrected chi connectivity index (χ4v) is 9.29. The summed E-state index contributed by atoms with van der Waals surface area (Å²) < 4.78 is 34.7. The zero-order valence-corrected chi connectivity index (χ0v) is 20.3. The average molecular weight is 520 g/mol. The number of rotatable bonds is 7. The molecule has 0 aliphatic heterocycles. The van der Waals surface area contributed by atoms with Gasteiger partial charge in [-0.2, -0.15) is 13.5 Å². The molecule has 0 spiro atoms. The molecule has 0 aromatic carbocycles. The molecule has 4 aliphatic rings. The molecular weight excluding hydrogens is 487 g/mol. The Labute approximate surface area is 182 Å². The molecule has 2 atom stereocenters. The maximum atomic E-state index is 11.1. The largest absolute Gasteiger partial charge is 0.286 e. The summed E-state index contributed by atoms with van der Waals surface area (Å²) in [5.41, 5.74) is 2.68. The van der Waals surface area contributed by atoms with E-state index in [1.165, 1.54) is 47.8 Å². The highest BCUT2D eigenvalue weighted by molar-refractivity contribution is 14.1. The smallest absolute Gasteiger partial charge is 0.264 e. The van der Waals surface area contributed by atoms with E-state index in [-0.39, 0.29) is 5.75 Å². The molecule has 4 fully saturated rings. The van der Waals surface area contributed by atoms with E-state index in [0.29, 0.717) is 28.1 Å². The van der Waals surface area contributed by atoms with Crippen molar-refractivity contribution in [3.05, 3.63) is 15.5 Å². The molecule has 158 valence electrons. The summed E-state index contributed by atoms with van der Waals surface area (Å²) >= 11 is 2.37. The highest BCUT2D eigenvalue weighted by Gasteiger charge is 2.65. The molecule has 4 saturated carbocycles. The van der Waals surface area contributed by atoms with Crippen LogP contribution in [0.3, 0.4) is 0 Å². The van der Waals surface area contributed by atoms with Crippen molar-refractivity contribution in [3.63, 3.8) is 0 Å². The van der Waals surface area contributed by atoms with Crippen molar-refractivity contribution >= 4 is 32.7 Å². The number of halogens is 1. The van der Waals surface area contributed by atoms with Crippen LogP contribution in [0.25, 0.3) is 0 Å². The zero-order chi connectivity index (χ0) is 20.4. The van der Waals surface area contributed by atoms with Gasteiger partial charge in [0.2, 0.25) is 0 Å². The molecule has 2 unspecified atom stereocenters. The van der Waals surface area contributed by atoms with E-state index in [1.54, 1.807) is 0 Å². The number of nitrogens with zero attached hydrogens (tertiary/aromatic N) is 2. The Kier molecular flexibility index (Phi) is 5.03. The second kappa shape index (κ2) is 6.67. The van der Waals surface area contributed by atoms with Crippen LogP contribution in [0.15, 0.2) is 6.20 Å². The molecule has 7 heteroatoms. The summed E-state index contributed by atoms with van der Waals surface area (Å²) in [5.74, 6) is -0.103. The number of aromatic nitrogens is 2. The second-order valence-electron chi connectivity index (χ2n) is 11.2. The van der Waals surface area contributed by atoms with Crippen LogP contribution >= 0.6 is 22.6 Å². The lowest BCUT2D eigenvalue weighted by molar-refractivity contribution is -0.197. The Balaban J connectivity index is 1.57. The minimum atomic E-state index is -3.84. The van der Waals surface area contributed by atoms with Crippen LogP contribution in [0, 0.1) is 32.2 Å². The molecule has 28 heavy (non-hydrogen) atoms. The number of unbranched alkanes of at least 4 members (excludes halogenated alkanes) is 1. The molecule has 0 saturated heterocycles. The van der Waals surface area contributed by atoms with Crippen LogP contribution in [0.4, 0.5) is 0 Å². The maximum absolute atomic E-state index is 11.1. The zero-order valence-electron chi connectivity index (χ0n) is 17.3. The summed E-state index contributed by atoms with van der Waals surface area (Å²) in [6.45, 7) is 8.16. The van der Waals surface area contributed by atoms with Crippen LogP contribution in [-0.2, 0) is 16.7 Å². The van der Waals surface area contributed by atoms with Crippen LogP contribution in [0.1, 0.15) is 77.3 Å². The van der Waals surface area contributed by atoms with Gasteiger partial charge in [0.1, 0.15) is 0 Å². The van der Waals surface area contributed by atoms with Gasteiger partial charge in [0.15, 0.2) is 0 Å². The first-order valence-electron chi connectivity index (χ1n) is 10.5. The first-order valence-corrected chi connectivity index (χ1v) is 13.2. The van der Waals surface area contributed by atoms with Gasteiger partial charge in [-0.15, -0.1) is 0 Å². The second-order valence-corrected chi connectivity index (χ2v) is 13.9. The van der Waals surface area contributed by atoms with Gasteiger partial charge in [-0.3, -0.25) is 9.23 Å². The third-order valence-corrected chi connectivity index (χ3v) is 9.56. The van der Waals surface area contributed by atoms with Crippen molar-refractivity contribution in [1.82, 2.24) is 9.78 Å². The molecule has 4 bridgehead atoms. The van der Waals surface area contributed by atoms with Gasteiger partial charge in [-0.1, -0.05) is 20.3 Å². The lowest BCUT2D eigenvalue weighted by atomic mass is 9.35. The van der Waals surface area contributed by atoms with E-state index in [2.05, 4.69) is 53.1 Å². The highest BCUT2D eigenvalue weighted by atomic mass is 127. The van der Waals surface area contributed by atoms with E-state index in [1.807, 2.05) is 6.20 Å². The predicted molar refractivity (Wildman–Crippen MR) is 119 cm³/mol. The molecule has 1 N–H and O–H groups in total. The van der Waals surface area contributed by atoms with Crippen LogP contribution in [0.2, 0.25) is 0 Å². The van der Waals surface area contributed by atoms with Crippen LogP contribution in [-0.4, -0.2) is 28.5 Å². The molecule has 0 radical (unpaired) electrons. The van der Waals surface area contributed by atoms with Gasteiger partial charge >= 0.3 is 0 Å². The molecule has 0 amide bonds. The minimum Gasteiger partial charge on any atom is -0.286 e. The van der Waals surface area contributed by atoms with Crippen LogP contribution < -0.4 is 0 Å². The molecular formula is C21H33IN2O3S. The lowest BCUT2D eigenvalue weighted by Gasteiger charge is -2.70. The van der Waals surface area contributed by atoms with Gasteiger partial charge in [0.05, 0.1) is 15.5 Å². The fourth-order valence-electron chi connectivity index (χ4n) is 8.32. The highest BCUT2D eigenvalue weighted by Crippen LogP contribution is 2.75. The summed E-state index contributed by atoms with van der Waals surface area (Å²) in [6, 6.07) is 0. The molecule has 5 nitrogen and oxygen atoms in total. The molecule has 4 aliphatic carbocycles. The molecule has 1 aromatic rings. The Morgan fingerprint density at radius 2 is 1.68 bits per heavy atom. The third kappa shape index (κ3) is 4.04. The van der Waals surface area contributed by atoms with E-state index in [9.17, 15) is 8.42 Å². The standard InChI is InChI=1S/C21H33IN2O3S/c1-16-17(22)8-23-24(16)15-21-12-18(2)9-19(3,13-21)11-20(10-18,14-21)6-4-5-7-28(25,26)27/h8H,4-7,9-15H2,1-3H3,(H,25,26,27). The summed E-state index contributed by atoms with van der Waals surface area (Å²) in [5, 5.41) is 4.68. The van der Waals surface area contributed by atoms with Crippen molar-refractivity contribution < 1.29 is 13.0 Å². The molecule has 5 rings (SSSR count). The van der Waals surface area contributed by atoms with E-state index in [0.717, 1.165) is 19.4 Å². The van der Waals surface area contributed by atoms with Gasteiger partial charge in [0, 0.05) is 12.2 Å². The first-order chi connectivity index (χ1) is 12.8. The van der Waals surface area contributed by atoms with Gasteiger partial charge in [0.25, 0.3) is 10.1 Å². The van der Waals surface area contributed by atoms with Gasteiger partial charge < -0.3 is 0 Å². The van der Waals surface area contributed by atoms with E-state index in [4.69, 9.17) is 4.55 Å². The Hall–Kier alpha value is -0.150. The van der Waals surface area contributed by atoms with Crippen molar-refractivity contribution in [2.75, 3.05) is 5.75 Å². The van der Waals surface area contributed by atoms with Crippen molar-refractivity contribution in [2.24, 2.45) is 21.7 Å². The Morgan fingerprint density at radius 3 is 2.21 bits per heavy atom. The summed E-state index contributed by atoms with van der Waals surface area (Å²) in [4.78, 5) is 0. The minimum absolute atomic E-state index is 0.103. The quantitative estimate of drug-likeness (QED) is 0.304. The van der Waals surface area contributed by atoms with Crippen molar-refractivity contribution in [1.29, 1.82) is 0 Å². The van der Waals surface area contributed by atoms with Gasteiger partial charge in [-0.05, 0) is 103 Å². The number of hydrogen-bond acceptors (Lipinski definition) is 3. The topological polar surface area (TPSA) is 72.2 Å². The van der Waals surface area contributed by atoms with Crippen molar-refractivity contribution in [2.45, 2.75) is 85.1 Å². The monoisotopic (exact) mass is 520 g/mol. The summed E-state index contributed by atoms with van der Waals surface area (Å²) in [6.07, 6.45) is 12.2. The van der Waals surface area contributed by atoms with Gasteiger partial charge in [-0.25, -0.2) is 0 Å². The first kappa shape index (κ1) is 21.1. The van der Waals surface area contributed by atoms with Crippen molar-refractivity contribution in [3.8, 4) is 0 Å². The SMILES string of the molecule is Cc1c(I)cnn1CC12CC3(C)CC(C)(CC(CCCCS(=O)(=O)O)(C3)C1)C2. The number of hydrogen-bond donors (Lipinski definition) is 1. The third-order valence-electron chi connectivity index (χ3n) is 7.70. The lowest BCUT2D eigenvalue weighted by Crippen LogP contribution is -2.60. The Bertz CT molecular complexity index is 860. The molecule has 1 aromatic heterocycles. The fraction of sp³-hybridized carbons (Fsp3) is 0.857. The van der Waals surface area contributed by atoms with E-state index < -0.39 is 10.1 Å². The van der Waals surface area contributed by atoms with E-state index >= 15 is 0 Å². The van der Waals surface area contributed by atoms with Crippen LogP contribution in [0.5, 0.6) is 0 Å². The maximum Gasteiger partial charge on any atom is 0.264 e. The Morgan fingerprint density at radius 1 is 1.07 bits per heavy atom.